The molecular weight excluding hydrogens is 260 g/mol. The largest absolute Gasteiger partial charge is 0.594 e. The van der Waals surface area contributed by atoms with Crippen molar-refractivity contribution < 1.29 is 19.6 Å². The molecule has 0 bridgehead atoms. The Morgan fingerprint density at radius 2 is 1.80 bits per heavy atom. The second kappa shape index (κ2) is 5.75. The van der Waals surface area contributed by atoms with E-state index in [2.05, 4.69) is 5.11 Å². The molecular formula is C14H10N2O4. The third-order valence-corrected chi connectivity index (χ3v) is 2.59. The fraction of sp³-hybridized carbons (Fsp3) is 0. The number of nitrogens with zero attached hydrogens (tertiary/aromatic N) is 2. The minimum Gasteiger partial charge on any atom is -0.594 e. The maximum Gasteiger partial charge on any atom is 0.335 e. The smallest absolute Gasteiger partial charge is 0.335 e. The van der Waals surface area contributed by atoms with Crippen molar-refractivity contribution in [2.45, 2.75) is 0 Å². The first kappa shape index (κ1) is 13.4. The zero-order chi connectivity index (χ0) is 14.5. The van der Waals surface area contributed by atoms with Crippen molar-refractivity contribution >= 4 is 23.6 Å². The van der Waals surface area contributed by atoms with Gasteiger partial charge in [-0.15, -0.1) is 0 Å². The highest BCUT2D eigenvalue weighted by molar-refractivity contribution is 5.87. The number of azo groups is 1. The Labute approximate surface area is 114 Å². The van der Waals surface area contributed by atoms with E-state index >= 15 is 0 Å². The number of hydrogen-bond donors (Lipinski definition) is 1. The van der Waals surface area contributed by atoms with Crippen LogP contribution in [-0.4, -0.2) is 22.2 Å². The lowest BCUT2D eigenvalue weighted by Gasteiger charge is -2.02. The van der Waals surface area contributed by atoms with Crippen LogP contribution in [0.2, 0.25) is 0 Å². The average molecular weight is 270 g/mol. The fourth-order valence-electron chi connectivity index (χ4n) is 1.59. The third kappa shape index (κ3) is 2.86. The lowest BCUT2D eigenvalue weighted by molar-refractivity contribution is -0.435. The number of aldehydes is 1. The second-order valence-corrected chi connectivity index (χ2v) is 3.90. The number of para-hydroxylation sites is 1. The van der Waals surface area contributed by atoms with Crippen LogP contribution in [0.3, 0.4) is 0 Å². The summed E-state index contributed by atoms with van der Waals surface area (Å²) in [6, 6.07) is 11.8. The number of carboxylic acid groups (broad SMARTS) is 1. The molecule has 100 valence electrons. The molecule has 20 heavy (non-hydrogen) atoms. The summed E-state index contributed by atoms with van der Waals surface area (Å²) in [6.07, 6.45) is 0.573. The molecule has 0 aliphatic heterocycles. The van der Waals surface area contributed by atoms with E-state index in [1.165, 1.54) is 36.4 Å². The first-order valence-corrected chi connectivity index (χ1v) is 5.68. The summed E-state index contributed by atoms with van der Waals surface area (Å²) in [4.78, 5) is 21.9. The summed E-state index contributed by atoms with van der Waals surface area (Å²) in [5.41, 5.74) is 0.763. The Morgan fingerprint density at radius 3 is 2.40 bits per heavy atom. The van der Waals surface area contributed by atoms with Gasteiger partial charge in [0.15, 0.2) is 6.29 Å². The molecule has 0 heterocycles. The number of carbonyl (C=O) groups is 2. The van der Waals surface area contributed by atoms with Crippen molar-refractivity contribution in [1.29, 1.82) is 0 Å². The Balaban J connectivity index is 2.34. The van der Waals surface area contributed by atoms with Gasteiger partial charge in [-0.2, -0.15) is 0 Å². The SMILES string of the molecule is O=Cc1ccccc1[N+]([O-])=Nc1ccc(C(=O)O)cc1. The molecule has 2 aromatic carbocycles. The Morgan fingerprint density at radius 1 is 1.15 bits per heavy atom. The molecule has 0 spiro atoms. The van der Waals surface area contributed by atoms with E-state index in [4.69, 9.17) is 5.11 Å². The van der Waals surface area contributed by atoms with E-state index in [0.29, 0.717) is 16.8 Å². The van der Waals surface area contributed by atoms with Crippen molar-refractivity contribution in [3.05, 3.63) is 64.9 Å². The Bertz CT molecular complexity index is 678. The Hall–Kier alpha value is -3.02. The van der Waals surface area contributed by atoms with Crippen LogP contribution in [0.15, 0.2) is 53.6 Å². The van der Waals surface area contributed by atoms with Gasteiger partial charge in [-0.1, -0.05) is 12.1 Å². The van der Waals surface area contributed by atoms with Crippen LogP contribution in [0.5, 0.6) is 0 Å². The van der Waals surface area contributed by atoms with Gasteiger partial charge >= 0.3 is 5.97 Å². The summed E-state index contributed by atoms with van der Waals surface area (Å²) in [5.74, 6) is -1.05. The lowest BCUT2D eigenvalue weighted by atomic mass is 10.2. The molecule has 0 saturated heterocycles. The zero-order valence-electron chi connectivity index (χ0n) is 10.3. The molecule has 0 atom stereocenters. The van der Waals surface area contributed by atoms with Crippen LogP contribution in [0.4, 0.5) is 11.4 Å². The first-order valence-electron chi connectivity index (χ1n) is 5.68. The molecule has 6 nitrogen and oxygen atoms in total. The molecule has 0 unspecified atom stereocenters. The van der Waals surface area contributed by atoms with Crippen molar-refractivity contribution in [2.24, 2.45) is 5.11 Å². The number of benzene rings is 2. The monoisotopic (exact) mass is 270 g/mol. The number of carbonyl (C=O) groups excluding carboxylic acids is 1. The maximum absolute atomic E-state index is 11.9. The molecule has 0 radical (unpaired) electrons. The van der Waals surface area contributed by atoms with Crippen molar-refractivity contribution in [3.8, 4) is 0 Å². The molecule has 2 aromatic rings. The zero-order valence-corrected chi connectivity index (χ0v) is 10.3. The predicted octanol–water partition coefficient (Wildman–Crippen LogP) is 3.12. The van der Waals surface area contributed by atoms with Gasteiger partial charge in [0.05, 0.1) is 11.1 Å². The van der Waals surface area contributed by atoms with E-state index in [1.807, 2.05) is 0 Å². The molecule has 0 aliphatic carbocycles. The van der Waals surface area contributed by atoms with Crippen LogP contribution >= 0.6 is 0 Å². The van der Waals surface area contributed by atoms with Crippen molar-refractivity contribution in [3.63, 3.8) is 0 Å². The number of hydrogen-bond acceptors (Lipinski definition) is 4. The van der Waals surface area contributed by atoms with Gasteiger partial charge in [-0.05, 0) is 35.2 Å². The van der Waals surface area contributed by atoms with Crippen LogP contribution in [-0.2, 0) is 0 Å². The maximum atomic E-state index is 11.9. The van der Waals surface area contributed by atoms with Crippen LogP contribution in [0.25, 0.3) is 0 Å². The van der Waals surface area contributed by atoms with E-state index in [9.17, 15) is 14.8 Å². The summed E-state index contributed by atoms with van der Waals surface area (Å²) in [7, 11) is 0. The van der Waals surface area contributed by atoms with E-state index in [0.717, 1.165) is 0 Å². The Kier molecular flexibility index (Phi) is 3.85. The van der Waals surface area contributed by atoms with Gasteiger partial charge in [0.2, 0.25) is 0 Å². The lowest BCUT2D eigenvalue weighted by Crippen LogP contribution is -1.96. The van der Waals surface area contributed by atoms with Gasteiger partial charge < -0.3 is 10.3 Å². The molecule has 0 aromatic heterocycles. The molecule has 0 aliphatic rings. The molecule has 2 rings (SSSR count). The molecule has 0 fully saturated rings. The number of rotatable bonds is 4. The van der Waals surface area contributed by atoms with Crippen LogP contribution in [0, 0.1) is 5.21 Å². The van der Waals surface area contributed by atoms with Crippen molar-refractivity contribution in [1.82, 2.24) is 0 Å². The summed E-state index contributed by atoms with van der Waals surface area (Å²) in [6.45, 7) is 0. The third-order valence-electron chi connectivity index (χ3n) is 2.59. The highest BCUT2D eigenvalue weighted by atomic mass is 16.5. The van der Waals surface area contributed by atoms with E-state index < -0.39 is 5.97 Å². The summed E-state index contributed by atoms with van der Waals surface area (Å²) >= 11 is 0. The predicted molar refractivity (Wildman–Crippen MR) is 70.6 cm³/mol. The van der Waals surface area contributed by atoms with Gasteiger partial charge in [-0.3, -0.25) is 4.79 Å². The minimum atomic E-state index is -1.05. The summed E-state index contributed by atoms with van der Waals surface area (Å²) < 4.78 is 0. The van der Waals surface area contributed by atoms with Crippen LogP contribution < -0.4 is 0 Å². The molecule has 6 heteroatoms. The quantitative estimate of drug-likeness (QED) is 0.399. The highest BCUT2D eigenvalue weighted by Gasteiger charge is 2.10. The summed E-state index contributed by atoms with van der Waals surface area (Å²) in [5, 5.41) is 24.4. The van der Waals surface area contributed by atoms with E-state index in [1.54, 1.807) is 12.1 Å². The minimum absolute atomic E-state index is 0.106. The number of carboxylic acids is 1. The van der Waals surface area contributed by atoms with Gasteiger partial charge in [0.1, 0.15) is 5.69 Å². The van der Waals surface area contributed by atoms with Crippen LogP contribution in [0.1, 0.15) is 20.7 Å². The number of aromatic carboxylic acids is 1. The molecule has 0 saturated carbocycles. The second-order valence-electron chi connectivity index (χ2n) is 3.90. The average Bonchev–Trinajstić information content (AvgIpc) is 2.47. The highest BCUT2D eigenvalue weighted by Crippen LogP contribution is 2.20. The van der Waals surface area contributed by atoms with Gasteiger partial charge in [0.25, 0.3) is 5.69 Å². The fourth-order valence-corrected chi connectivity index (χ4v) is 1.59. The molecule has 1 N–H and O–H groups in total. The standard InChI is InChI=1S/C14H10N2O4/c17-9-11-3-1-2-4-13(11)16(20)15-12-7-5-10(6-8-12)14(18)19/h1-9H,(H,18,19). The van der Waals surface area contributed by atoms with Gasteiger partial charge in [0, 0.05) is 11.2 Å². The molecule has 0 amide bonds. The topological polar surface area (TPSA) is 92.8 Å². The van der Waals surface area contributed by atoms with Crippen molar-refractivity contribution in [2.75, 3.05) is 0 Å². The first-order chi connectivity index (χ1) is 9.61. The normalized spacial score (nSPS) is 11.1. The van der Waals surface area contributed by atoms with Gasteiger partial charge in [-0.25, -0.2) is 4.79 Å². The van der Waals surface area contributed by atoms with E-state index in [-0.39, 0.29) is 16.8 Å².